The lowest BCUT2D eigenvalue weighted by Gasteiger charge is -2.20. The second-order valence-corrected chi connectivity index (χ2v) is 7.27. The van der Waals surface area contributed by atoms with E-state index in [0.29, 0.717) is 13.0 Å². The number of hydrogen-bond donors (Lipinski definition) is 3. The number of carbonyl (C=O) groups is 3. The fourth-order valence-electron chi connectivity index (χ4n) is 4.05. The van der Waals surface area contributed by atoms with Crippen LogP contribution in [0.4, 0.5) is 4.79 Å². The first-order chi connectivity index (χ1) is 14.5. The quantitative estimate of drug-likeness (QED) is 0.670. The maximum Gasteiger partial charge on any atom is 0.407 e. The molecule has 0 aromatic heterocycles. The molecule has 2 aromatic carbocycles. The summed E-state index contributed by atoms with van der Waals surface area (Å²) in [5, 5.41) is 13.6. The third-order valence-corrected chi connectivity index (χ3v) is 5.41. The highest BCUT2D eigenvalue weighted by Crippen LogP contribution is 2.44. The first kappa shape index (κ1) is 19.9. The van der Waals surface area contributed by atoms with Crippen molar-refractivity contribution in [1.29, 1.82) is 0 Å². The number of carboxylic acids is 1. The molecule has 8 heteroatoms. The Balaban J connectivity index is 1.37. The maximum atomic E-state index is 12.4. The Morgan fingerprint density at radius 3 is 2.30 bits per heavy atom. The van der Waals surface area contributed by atoms with E-state index in [1.807, 2.05) is 36.4 Å². The van der Waals surface area contributed by atoms with Crippen molar-refractivity contribution in [1.82, 2.24) is 10.6 Å². The molecule has 1 fully saturated rings. The van der Waals surface area contributed by atoms with Crippen molar-refractivity contribution in [2.75, 3.05) is 19.8 Å². The highest BCUT2D eigenvalue weighted by Gasteiger charge is 2.36. The van der Waals surface area contributed by atoms with Gasteiger partial charge in [0.2, 0.25) is 0 Å². The summed E-state index contributed by atoms with van der Waals surface area (Å²) in [5.41, 5.74) is 4.51. The van der Waals surface area contributed by atoms with Gasteiger partial charge in [-0.1, -0.05) is 48.5 Å². The smallest absolute Gasteiger partial charge is 0.407 e. The van der Waals surface area contributed by atoms with Crippen LogP contribution >= 0.6 is 0 Å². The standard InChI is InChI=1S/C22H22N2O6/c25-19(26)11-23-21(27)20-18(9-10-29-20)24-22(28)30-12-17-15-7-3-1-5-13(15)14-6-2-4-8-16(14)17/h1-8,17-18,20H,9-12H2,(H,23,27)(H,24,28)(H,25,26). The summed E-state index contributed by atoms with van der Waals surface area (Å²) in [5.74, 6) is -1.78. The van der Waals surface area contributed by atoms with Gasteiger partial charge >= 0.3 is 12.1 Å². The second-order valence-electron chi connectivity index (χ2n) is 7.27. The van der Waals surface area contributed by atoms with Crippen molar-refractivity contribution in [2.24, 2.45) is 0 Å². The van der Waals surface area contributed by atoms with Gasteiger partial charge in [0.15, 0.2) is 6.10 Å². The molecule has 1 aliphatic heterocycles. The van der Waals surface area contributed by atoms with Crippen LogP contribution in [0.1, 0.15) is 23.5 Å². The Hall–Kier alpha value is -3.39. The molecule has 4 rings (SSSR count). The second kappa shape index (κ2) is 8.54. The topological polar surface area (TPSA) is 114 Å². The lowest BCUT2D eigenvalue weighted by molar-refractivity contribution is -0.140. The molecule has 156 valence electrons. The number of fused-ring (bicyclic) bond motifs is 3. The minimum atomic E-state index is -1.15. The Bertz CT molecular complexity index is 930. The third kappa shape index (κ3) is 3.99. The summed E-state index contributed by atoms with van der Waals surface area (Å²) < 4.78 is 10.9. The number of amides is 2. The van der Waals surface area contributed by atoms with Crippen LogP contribution < -0.4 is 10.6 Å². The van der Waals surface area contributed by atoms with Crippen LogP contribution in [-0.4, -0.2) is 55.0 Å². The fraction of sp³-hybridized carbons (Fsp3) is 0.318. The number of benzene rings is 2. The summed E-state index contributed by atoms with van der Waals surface area (Å²) >= 11 is 0. The van der Waals surface area contributed by atoms with Gasteiger partial charge in [-0.15, -0.1) is 0 Å². The molecule has 0 radical (unpaired) electrons. The molecular weight excluding hydrogens is 388 g/mol. The normalized spacial score (nSPS) is 19.6. The summed E-state index contributed by atoms with van der Waals surface area (Å²) in [6.07, 6.45) is -1.14. The molecule has 2 unspecified atom stereocenters. The van der Waals surface area contributed by atoms with Gasteiger partial charge in [0.1, 0.15) is 13.2 Å². The Morgan fingerprint density at radius 2 is 1.67 bits per heavy atom. The Labute approximate surface area is 173 Å². The highest BCUT2D eigenvalue weighted by atomic mass is 16.6. The molecule has 1 heterocycles. The lowest BCUT2D eigenvalue weighted by atomic mass is 9.98. The van der Waals surface area contributed by atoms with Gasteiger partial charge in [0.05, 0.1) is 6.04 Å². The molecule has 2 amide bonds. The highest BCUT2D eigenvalue weighted by molar-refractivity contribution is 5.86. The van der Waals surface area contributed by atoms with E-state index < -0.39 is 36.7 Å². The molecule has 1 saturated heterocycles. The lowest BCUT2D eigenvalue weighted by Crippen LogP contribution is -2.49. The monoisotopic (exact) mass is 410 g/mol. The Kier molecular flexibility index (Phi) is 5.67. The predicted molar refractivity (Wildman–Crippen MR) is 107 cm³/mol. The van der Waals surface area contributed by atoms with Crippen molar-refractivity contribution < 1.29 is 29.0 Å². The molecule has 3 N–H and O–H groups in total. The van der Waals surface area contributed by atoms with Gasteiger partial charge in [-0.25, -0.2) is 4.79 Å². The SMILES string of the molecule is O=C(O)CNC(=O)C1OCCC1NC(=O)OCC1c2ccccc2-c2ccccc21. The van der Waals surface area contributed by atoms with E-state index in [9.17, 15) is 14.4 Å². The molecule has 2 aromatic rings. The van der Waals surface area contributed by atoms with E-state index in [4.69, 9.17) is 14.6 Å². The van der Waals surface area contributed by atoms with Crippen molar-refractivity contribution in [2.45, 2.75) is 24.5 Å². The maximum absolute atomic E-state index is 12.4. The van der Waals surface area contributed by atoms with Crippen molar-refractivity contribution in [3.8, 4) is 11.1 Å². The molecule has 0 saturated carbocycles. The number of aliphatic carboxylic acids is 1. The van der Waals surface area contributed by atoms with Gasteiger partial charge in [-0.05, 0) is 28.7 Å². The third-order valence-electron chi connectivity index (χ3n) is 5.41. The van der Waals surface area contributed by atoms with E-state index in [1.165, 1.54) is 0 Å². The van der Waals surface area contributed by atoms with E-state index >= 15 is 0 Å². The molecule has 0 spiro atoms. The zero-order valence-corrected chi connectivity index (χ0v) is 16.2. The minimum absolute atomic E-state index is 0.0577. The van der Waals surface area contributed by atoms with E-state index in [1.54, 1.807) is 0 Å². The number of carbonyl (C=O) groups excluding carboxylic acids is 2. The van der Waals surface area contributed by atoms with Crippen molar-refractivity contribution in [3.05, 3.63) is 59.7 Å². The molecule has 8 nitrogen and oxygen atoms in total. The molecule has 2 atom stereocenters. The van der Waals surface area contributed by atoms with Crippen LogP contribution in [-0.2, 0) is 19.1 Å². The number of rotatable bonds is 6. The van der Waals surface area contributed by atoms with Gasteiger partial charge in [0.25, 0.3) is 5.91 Å². The summed E-state index contributed by atoms with van der Waals surface area (Å²) in [6, 6.07) is 15.5. The fourth-order valence-corrected chi connectivity index (χ4v) is 4.05. The van der Waals surface area contributed by atoms with Crippen LogP contribution in [0.3, 0.4) is 0 Å². The molecule has 0 bridgehead atoms. The first-order valence-electron chi connectivity index (χ1n) is 9.77. The number of carboxylic acid groups (broad SMARTS) is 1. The van der Waals surface area contributed by atoms with Crippen molar-refractivity contribution >= 4 is 18.0 Å². The van der Waals surface area contributed by atoms with Crippen LogP contribution in [0.15, 0.2) is 48.5 Å². The first-order valence-corrected chi connectivity index (χ1v) is 9.77. The van der Waals surface area contributed by atoms with E-state index in [0.717, 1.165) is 22.3 Å². The van der Waals surface area contributed by atoms with Gasteiger partial charge in [-0.2, -0.15) is 0 Å². The minimum Gasteiger partial charge on any atom is -0.480 e. The van der Waals surface area contributed by atoms with Crippen LogP contribution in [0, 0.1) is 0 Å². The largest absolute Gasteiger partial charge is 0.480 e. The molecule has 30 heavy (non-hydrogen) atoms. The van der Waals surface area contributed by atoms with E-state index in [-0.39, 0.29) is 12.5 Å². The summed E-state index contributed by atoms with van der Waals surface area (Å²) in [7, 11) is 0. The van der Waals surface area contributed by atoms with Crippen LogP contribution in [0.2, 0.25) is 0 Å². The van der Waals surface area contributed by atoms with Gasteiger partial charge in [0, 0.05) is 12.5 Å². The summed E-state index contributed by atoms with van der Waals surface area (Å²) in [6.45, 7) is -0.0425. The van der Waals surface area contributed by atoms with Gasteiger partial charge in [-0.3, -0.25) is 9.59 Å². The number of hydrogen-bond acceptors (Lipinski definition) is 5. The van der Waals surface area contributed by atoms with E-state index in [2.05, 4.69) is 22.8 Å². The van der Waals surface area contributed by atoms with Gasteiger partial charge < -0.3 is 25.2 Å². The predicted octanol–water partition coefficient (Wildman–Crippen LogP) is 1.88. The van der Waals surface area contributed by atoms with Crippen LogP contribution in [0.5, 0.6) is 0 Å². The van der Waals surface area contributed by atoms with Crippen LogP contribution in [0.25, 0.3) is 11.1 Å². The van der Waals surface area contributed by atoms with Crippen molar-refractivity contribution in [3.63, 3.8) is 0 Å². The number of nitrogens with one attached hydrogen (secondary N) is 2. The number of alkyl carbamates (subject to hydrolysis) is 1. The molecular formula is C22H22N2O6. The average molecular weight is 410 g/mol. The number of ether oxygens (including phenoxy) is 2. The zero-order valence-electron chi connectivity index (χ0n) is 16.2. The Morgan fingerprint density at radius 1 is 1.03 bits per heavy atom. The average Bonchev–Trinajstić information content (AvgIpc) is 3.33. The summed E-state index contributed by atoms with van der Waals surface area (Å²) in [4.78, 5) is 35.1. The molecule has 1 aliphatic carbocycles. The molecule has 2 aliphatic rings. The zero-order chi connectivity index (χ0) is 21.1.